The molecule has 0 amide bonds. The van der Waals surface area contributed by atoms with Crippen molar-refractivity contribution in [2.75, 3.05) is 0 Å². The van der Waals surface area contributed by atoms with E-state index in [0.717, 1.165) is 16.5 Å². The molecule has 0 bridgehead atoms. The van der Waals surface area contributed by atoms with Gasteiger partial charge in [-0.3, -0.25) is 4.98 Å². The van der Waals surface area contributed by atoms with Gasteiger partial charge < -0.3 is 5.73 Å². The molecule has 1 heterocycles. The van der Waals surface area contributed by atoms with Gasteiger partial charge in [0.25, 0.3) is 0 Å². The third kappa shape index (κ3) is 1.36. The molecule has 1 aromatic carbocycles. The molecule has 0 aliphatic heterocycles. The summed E-state index contributed by atoms with van der Waals surface area (Å²) in [6.07, 6.45) is 1.70. The van der Waals surface area contributed by atoms with Gasteiger partial charge in [-0.25, -0.2) is 4.39 Å². The van der Waals surface area contributed by atoms with E-state index in [4.69, 9.17) is 5.73 Å². The molecule has 0 unspecified atom stereocenters. The average molecular weight is 190 g/mol. The summed E-state index contributed by atoms with van der Waals surface area (Å²) in [5.41, 5.74) is 6.90. The first kappa shape index (κ1) is 9.09. The maximum Gasteiger partial charge on any atom is 0.126 e. The molecule has 2 nitrogen and oxygen atoms in total. The molecule has 0 aliphatic rings. The molecular formula is C11H11FN2. The highest BCUT2D eigenvalue weighted by molar-refractivity contribution is 5.85. The Morgan fingerprint density at radius 2 is 2.21 bits per heavy atom. The molecule has 0 saturated carbocycles. The van der Waals surface area contributed by atoms with Gasteiger partial charge in [0.2, 0.25) is 0 Å². The minimum Gasteiger partial charge on any atom is -0.325 e. The van der Waals surface area contributed by atoms with E-state index >= 15 is 0 Å². The first-order valence-corrected chi connectivity index (χ1v) is 4.46. The van der Waals surface area contributed by atoms with E-state index in [-0.39, 0.29) is 5.82 Å². The number of halogens is 1. The lowest BCUT2D eigenvalue weighted by Crippen LogP contribution is -2.00. The molecule has 2 rings (SSSR count). The Bertz CT molecular complexity index is 480. The van der Waals surface area contributed by atoms with Gasteiger partial charge in [-0.2, -0.15) is 0 Å². The fourth-order valence-electron chi connectivity index (χ4n) is 1.53. The summed E-state index contributed by atoms with van der Waals surface area (Å²) >= 11 is 0. The standard InChI is InChI=1S/C11H11FN2/c1-7-4-8-2-3-14-11(6-13)9(8)5-10(7)12/h2-5H,6,13H2,1H3. The highest BCUT2D eigenvalue weighted by Crippen LogP contribution is 2.20. The lowest BCUT2D eigenvalue weighted by Gasteiger charge is -2.04. The number of pyridine rings is 1. The van der Waals surface area contributed by atoms with Crippen molar-refractivity contribution in [3.63, 3.8) is 0 Å². The topological polar surface area (TPSA) is 38.9 Å². The molecule has 1 aromatic heterocycles. The maximum atomic E-state index is 13.3. The Kier molecular flexibility index (Phi) is 2.17. The number of hydrogen-bond acceptors (Lipinski definition) is 2. The number of hydrogen-bond donors (Lipinski definition) is 1. The van der Waals surface area contributed by atoms with Crippen LogP contribution in [0.15, 0.2) is 24.4 Å². The predicted octanol–water partition coefficient (Wildman–Crippen LogP) is 2.14. The van der Waals surface area contributed by atoms with Crippen LogP contribution in [0.5, 0.6) is 0 Å². The molecular weight excluding hydrogens is 179 g/mol. The predicted molar refractivity (Wildman–Crippen MR) is 54.3 cm³/mol. The second kappa shape index (κ2) is 3.35. The van der Waals surface area contributed by atoms with Crippen LogP contribution in [-0.4, -0.2) is 4.98 Å². The summed E-state index contributed by atoms with van der Waals surface area (Å²) in [6.45, 7) is 2.08. The van der Waals surface area contributed by atoms with E-state index in [1.165, 1.54) is 6.07 Å². The zero-order chi connectivity index (χ0) is 10.1. The van der Waals surface area contributed by atoms with Crippen LogP contribution in [0.4, 0.5) is 4.39 Å². The third-order valence-electron chi connectivity index (χ3n) is 2.32. The minimum atomic E-state index is -0.208. The summed E-state index contributed by atoms with van der Waals surface area (Å²) in [4.78, 5) is 4.10. The molecule has 72 valence electrons. The molecule has 0 radical (unpaired) electrons. The van der Waals surface area contributed by atoms with Crippen LogP contribution in [0.1, 0.15) is 11.3 Å². The van der Waals surface area contributed by atoms with Crippen LogP contribution in [0.3, 0.4) is 0 Å². The summed E-state index contributed by atoms with van der Waals surface area (Å²) in [5.74, 6) is -0.208. The van der Waals surface area contributed by atoms with Gasteiger partial charge >= 0.3 is 0 Å². The second-order valence-corrected chi connectivity index (χ2v) is 3.28. The first-order chi connectivity index (χ1) is 6.72. The summed E-state index contributed by atoms with van der Waals surface area (Å²) < 4.78 is 13.3. The van der Waals surface area contributed by atoms with Crippen molar-refractivity contribution in [3.05, 3.63) is 41.5 Å². The summed E-state index contributed by atoms with van der Waals surface area (Å²) in [6, 6.07) is 5.17. The third-order valence-corrected chi connectivity index (χ3v) is 2.32. The SMILES string of the molecule is Cc1cc2ccnc(CN)c2cc1F. The molecule has 0 saturated heterocycles. The highest BCUT2D eigenvalue weighted by atomic mass is 19.1. The van der Waals surface area contributed by atoms with Crippen LogP contribution >= 0.6 is 0 Å². The van der Waals surface area contributed by atoms with Crippen molar-refractivity contribution in [3.8, 4) is 0 Å². The van der Waals surface area contributed by atoms with Gasteiger partial charge in [0.05, 0.1) is 5.69 Å². The summed E-state index contributed by atoms with van der Waals surface area (Å²) in [7, 11) is 0. The van der Waals surface area contributed by atoms with Gasteiger partial charge in [-0.15, -0.1) is 0 Å². The van der Waals surface area contributed by atoms with E-state index in [9.17, 15) is 4.39 Å². The number of fused-ring (bicyclic) bond motifs is 1. The van der Waals surface area contributed by atoms with Crippen molar-refractivity contribution in [2.24, 2.45) is 5.73 Å². The average Bonchev–Trinajstić information content (AvgIpc) is 2.19. The largest absolute Gasteiger partial charge is 0.325 e. The van der Waals surface area contributed by atoms with E-state index in [0.29, 0.717) is 12.1 Å². The molecule has 0 aliphatic carbocycles. The molecule has 0 fully saturated rings. The van der Waals surface area contributed by atoms with Crippen LogP contribution in [0.2, 0.25) is 0 Å². The van der Waals surface area contributed by atoms with Gasteiger partial charge in [-0.1, -0.05) is 0 Å². The van der Waals surface area contributed by atoms with Crippen molar-refractivity contribution >= 4 is 10.8 Å². The Hall–Kier alpha value is -1.48. The van der Waals surface area contributed by atoms with Gasteiger partial charge in [0, 0.05) is 18.1 Å². The molecule has 2 aromatic rings. The number of benzene rings is 1. The molecule has 0 atom stereocenters. The number of nitrogens with zero attached hydrogens (tertiary/aromatic N) is 1. The number of rotatable bonds is 1. The quantitative estimate of drug-likeness (QED) is 0.748. The van der Waals surface area contributed by atoms with Crippen molar-refractivity contribution in [1.82, 2.24) is 4.98 Å². The van der Waals surface area contributed by atoms with E-state index in [2.05, 4.69) is 4.98 Å². The van der Waals surface area contributed by atoms with Crippen LogP contribution in [0, 0.1) is 12.7 Å². The van der Waals surface area contributed by atoms with E-state index < -0.39 is 0 Å². The Morgan fingerprint density at radius 3 is 2.93 bits per heavy atom. The Morgan fingerprint density at radius 1 is 1.43 bits per heavy atom. The van der Waals surface area contributed by atoms with E-state index in [1.807, 2.05) is 12.1 Å². The molecule has 2 N–H and O–H groups in total. The smallest absolute Gasteiger partial charge is 0.126 e. The van der Waals surface area contributed by atoms with Crippen molar-refractivity contribution in [1.29, 1.82) is 0 Å². The van der Waals surface area contributed by atoms with Crippen LogP contribution in [0.25, 0.3) is 10.8 Å². The summed E-state index contributed by atoms with van der Waals surface area (Å²) in [5, 5.41) is 1.79. The minimum absolute atomic E-state index is 0.208. The van der Waals surface area contributed by atoms with Gasteiger partial charge in [0.15, 0.2) is 0 Å². The Balaban J connectivity index is 2.81. The zero-order valence-electron chi connectivity index (χ0n) is 7.92. The highest BCUT2D eigenvalue weighted by Gasteiger charge is 2.04. The lowest BCUT2D eigenvalue weighted by atomic mass is 10.1. The molecule has 14 heavy (non-hydrogen) atoms. The van der Waals surface area contributed by atoms with Crippen molar-refractivity contribution < 1.29 is 4.39 Å². The van der Waals surface area contributed by atoms with Gasteiger partial charge in [0.1, 0.15) is 5.82 Å². The monoisotopic (exact) mass is 190 g/mol. The van der Waals surface area contributed by atoms with Crippen LogP contribution < -0.4 is 5.73 Å². The number of aromatic nitrogens is 1. The van der Waals surface area contributed by atoms with Crippen LogP contribution in [-0.2, 0) is 6.54 Å². The number of nitrogens with two attached hydrogens (primary N) is 1. The fraction of sp³-hybridized carbons (Fsp3) is 0.182. The fourth-order valence-corrected chi connectivity index (χ4v) is 1.53. The van der Waals surface area contributed by atoms with Gasteiger partial charge in [-0.05, 0) is 36.1 Å². The van der Waals surface area contributed by atoms with Crippen molar-refractivity contribution in [2.45, 2.75) is 13.5 Å². The zero-order valence-corrected chi connectivity index (χ0v) is 7.92. The van der Waals surface area contributed by atoms with E-state index in [1.54, 1.807) is 13.1 Å². The number of aryl methyl sites for hydroxylation is 1. The first-order valence-electron chi connectivity index (χ1n) is 4.46. The lowest BCUT2D eigenvalue weighted by molar-refractivity contribution is 0.620. The second-order valence-electron chi connectivity index (χ2n) is 3.28. The molecule has 3 heteroatoms. The Labute approximate surface area is 81.6 Å². The molecule has 0 spiro atoms. The maximum absolute atomic E-state index is 13.3. The normalized spacial score (nSPS) is 10.8.